The fourth-order valence-electron chi connectivity index (χ4n) is 1.89. The van der Waals surface area contributed by atoms with E-state index in [1.165, 1.54) is 0 Å². The van der Waals surface area contributed by atoms with Crippen LogP contribution in [-0.4, -0.2) is 26.7 Å². The lowest BCUT2D eigenvalue weighted by atomic mass is 10.0. The molecular weight excluding hydrogens is 214 g/mol. The van der Waals surface area contributed by atoms with E-state index in [1.54, 1.807) is 18.6 Å². The lowest BCUT2D eigenvalue weighted by Gasteiger charge is -2.06. The zero-order valence-electron chi connectivity index (χ0n) is 10.1. The first-order valence-corrected chi connectivity index (χ1v) is 5.77. The fourth-order valence-corrected chi connectivity index (χ4v) is 1.89. The molecule has 0 unspecified atom stereocenters. The molecule has 0 amide bonds. The lowest BCUT2D eigenvalue weighted by Crippen LogP contribution is -2.06. The highest BCUT2D eigenvalue weighted by molar-refractivity contribution is 5.59. The zero-order chi connectivity index (χ0) is 12.3. The topological polar surface area (TPSA) is 80.5 Å². The quantitative estimate of drug-likeness (QED) is 0.835. The van der Waals surface area contributed by atoms with E-state index in [2.05, 4.69) is 34.0 Å². The number of hydrogen-bond acceptors (Lipinski definition) is 4. The molecule has 5 heteroatoms. The summed E-state index contributed by atoms with van der Waals surface area (Å²) in [5.41, 5.74) is 9.61. The Morgan fingerprint density at radius 3 is 2.76 bits per heavy atom. The van der Waals surface area contributed by atoms with Gasteiger partial charge in [0.2, 0.25) is 0 Å². The average molecular weight is 231 g/mol. The van der Waals surface area contributed by atoms with Crippen molar-refractivity contribution in [2.75, 3.05) is 6.54 Å². The maximum absolute atomic E-state index is 5.66. The van der Waals surface area contributed by atoms with Gasteiger partial charge in [0.05, 0.1) is 6.20 Å². The number of nitrogens with one attached hydrogen (secondary N) is 1. The van der Waals surface area contributed by atoms with Gasteiger partial charge in [-0.05, 0) is 18.9 Å². The number of hydrogen-bond donors (Lipinski definition) is 2. The third kappa shape index (κ3) is 2.34. The van der Waals surface area contributed by atoms with E-state index in [-0.39, 0.29) is 0 Å². The molecule has 0 fully saturated rings. The molecule has 2 rings (SSSR count). The maximum Gasteiger partial charge on any atom is 0.116 e. The minimum Gasteiger partial charge on any atom is -0.330 e. The third-order valence-electron chi connectivity index (χ3n) is 2.68. The summed E-state index contributed by atoms with van der Waals surface area (Å²) in [6.07, 6.45) is 5.85. The van der Waals surface area contributed by atoms with Crippen molar-refractivity contribution in [2.45, 2.75) is 26.2 Å². The van der Waals surface area contributed by atoms with Gasteiger partial charge in [-0.15, -0.1) is 0 Å². The average Bonchev–Trinajstić information content (AvgIpc) is 2.75. The Morgan fingerprint density at radius 2 is 2.18 bits per heavy atom. The molecule has 2 heterocycles. The van der Waals surface area contributed by atoms with Crippen molar-refractivity contribution < 1.29 is 0 Å². The van der Waals surface area contributed by atoms with Crippen molar-refractivity contribution in [1.82, 2.24) is 20.2 Å². The highest BCUT2D eigenvalue weighted by Gasteiger charge is 2.16. The Morgan fingerprint density at radius 1 is 1.35 bits per heavy atom. The first kappa shape index (κ1) is 11.7. The standard InChI is InChI=1S/C12H17N5/c1-8(2)11-9(3-4-13)12(17-16-11)10-7-14-5-6-15-10/h5-8H,3-4,13H2,1-2H3,(H,16,17). The summed E-state index contributed by atoms with van der Waals surface area (Å²) in [6.45, 7) is 4.87. The van der Waals surface area contributed by atoms with E-state index in [0.717, 1.165) is 29.1 Å². The van der Waals surface area contributed by atoms with Gasteiger partial charge in [0.1, 0.15) is 11.4 Å². The minimum atomic E-state index is 0.398. The van der Waals surface area contributed by atoms with Crippen LogP contribution in [0.4, 0.5) is 0 Å². The maximum atomic E-state index is 5.66. The first-order chi connectivity index (χ1) is 8.24. The second-order valence-electron chi connectivity index (χ2n) is 4.25. The molecule has 17 heavy (non-hydrogen) atoms. The third-order valence-corrected chi connectivity index (χ3v) is 2.68. The molecule has 0 saturated heterocycles. The van der Waals surface area contributed by atoms with Crippen molar-refractivity contribution in [3.05, 3.63) is 29.8 Å². The van der Waals surface area contributed by atoms with Gasteiger partial charge in [0.25, 0.3) is 0 Å². The van der Waals surface area contributed by atoms with E-state index >= 15 is 0 Å². The lowest BCUT2D eigenvalue weighted by molar-refractivity contribution is 0.791. The highest BCUT2D eigenvalue weighted by atomic mass is 15.1. The van der Waals surface area contributed by atoms with Gasteiger partial charge in [-0.1, -0.05) is 13.8 Å². The van der Waals surface area contributed by atoms with Crippen LogP contribution < -0.4 is 5.73 Å². The van der Waals surface area contributed by atoms with Crippen LogP contribution in [0.5, 0.6) is 0 Å². The van der Waals surface area contributed by atoms with Crippen LogP contribution >= 0.6 is 0 Å². The van der Waals surface area contributed by atoms with Crippen LogP contribution in [-0.2, 0) is 6.42 Å². The molecule has 3 N–H and O–H groups in total. The van der Waals surface area contributed by atoms with Crippen LogP contribution in [0.3, 0.4) is 0 Å². The largest absolute Gasteiger partial charge is 0.330 e. The summed E-state index contributed by atoms with van der Waals surface area (Å²) in [6, 6.07) is 0. The van der Waals surface area contributed by atoms with E-state index in [9.17, 15) is 0 Å². The van der Waals surface area contributed by atoms with Gasteiger partial charge in [0, 0.05) is 23.7 Å². The molecule has 5 nitrogen and oxygen atoms in total. The molecular formula is C12H17N5. The van der Waals surface area contributed by atoms with Crippen LogP contribution in [0.2, 0.25) is 0 Å². The predicted molar refractivity (Wildman–Crippen MR) is 66.5 cm³/mol. The number of aromatic nitrogens is 4. The molecule has 0 aliphatic rings. The second kappa shape index (κ2) is 5.05. The monoisotopic (exact) mass is 231 g/mol. The SMILES string of the molecule is CC(C)c1[nH]nc(-c2cnccn2)c1CCN. The Labute approximate surface area is 100 Å². The Hall–Kier alpha value is -1.75. The smallest absolute Gasteiger partial charge is 0.116 e. The summed E-state index contributed by atoms with van der Waals surface area (Å²) in [5.74, 6) is 0.398. The minimum absolute atomic E-state index is 0.398. The van der Waals surface area contributed by atoms with Crippen molar-refractivity contribution in [2.24, 2.45) is 5.73 Å². The summed E-state index contributed by atoms with van der Waals surface area (Å²) in [7, 11) is 0. The molecule has 0 aromatic carbocycles. The number of nitrogens with two attached hydrogens (primary N) is 1. The summed E-state index contributed by atoms with van der Waals surface area (Å²) in [4.78, 5) is 8.35. The summed E-state index contributed by atoms with van der Waals surface area (Å²) < 4.78 is 0. The zero-order valence-corrected chi connectivity index (χ0v) is 10.1. The Bertz CT molecular complexity index is 475. The molecule has 2 aromatic rings. The van der Waals surface area contributed by atoms with Crippen molar-refractivity contribution in [1.29, 1.82) is 0 Å². The predicted octanol–water partition coefficient (Wildman–Crippen LogP) is 1.49. The van der Waals surface area contributed by atoms with Gasteiger partial charge in [0.15, 0.2) is 0 Å². The van der Waals surface area contributed by atoms with Crippen LogP contribution in [0.15, 0.2) is 18.6 Å². The van der Waals surface area contributed by atoms with E-state index in [1.807, 2.05) is 0 Å². The van der Waals surface area contributed by atoms with E-state index in [0.29, 0.717) is 12.5 Å². The first-order valence-electron chi connectivity index (χ1n) is 5.77. The number of H-pyrrole nitrogens is 1. The van der Waals surface area contributed by atoms with Gasteiger partial charge < -0.3 is 5.73 Å². The Kier molecular flexibility index (Phi) is 3.49. The van der Waals surface area contributed by atoms with Gasteiger partial charge in [-0.25, -0.2) is 0 Å². The molecule has 0 aliphatic heterocycles. The molecule has 0 radical (unpaired) electrons. The number of nitrogens with zero attached hydrogens (tertiary/aromatic N) is 3. The molecule has 0 spiro atoms. The molecule has 2 aromatic heterocycles. The van der Waals surface area contributed by atoms with Crippen LogP contribution in [0.25, 0.3) is 11.4 Å². The normalized spacial score (nSPS) is 11.1. The Balaban J connectivity index is 2.47. The van der Waals surface area contributed by atoms with Crippen LogP contribution in [0.1, 0.15) is 31.0 Å². The van der Waals surface area contributed by atoms with Gasteiger partial charge in [-0.3, -0.25) is 15.1 Å². The second-order valence-corrected chi connectivity index (χ2v) is 4.25. The molecule has 0 bridgehead atoms. The number of rotatable bonds is 4. The summed E-state index contributed by atoms with van der Waals surface area (Å²) in [5, 5.41) is 7.43. The fraction of sp³-hybridized carbons (Fsp3) is 0.417. The molecule has 0 saturated carbocycles. The van der Waals surface area contributed by atoms with Crippen LogP contribution in [0, 0.1) is 0 Å². The molecule has 0 atom stereocenters. The molecule has 0 aliphatic carbocycles. The van der Waals surface area contributed by atoms with E-state index in [4.69, 9.17) is 5.73 Å². The summed E-state index contributed by atoms with van der Waals surface area (Å²) >= 11 is 0. The van der Waals surface area contributed by atoms with Crippen molar-refractivity contribution in [3.8, 4) is 11.4 Å². The van der Waals surface area contributed by atoms with Gasteiger partial charge >= 0.3 is 0 Å². The number of aromatic amines is 1. The molecule has 90 valence electrons. The van der Waals surface area contributed by atoms with Crippen molar-refractivity contribution >= 4 is 0 Å². The highest BCUT2D eigenvalue weighted by Crippen LogP contribution is 2.26. The van der Waals surface area contributed by atoms with E-state index < -0.39 is 0 Å². The van der Waals surface area contributed by atoms with Crippen molar-refractivity contribution in [3.63, 3.8) is 0 Å². The van der Waals surface area contributed by atoms with Gasteiger partial charge in [-0.2, -0.15) is 5.10 Å².